The van der Waals surface area contributed by atoms with Gasteiger partial charge in [0.1, 0.15) is 21.7 Å². The summed E-state index contributed by atoms with van der Waals surface area (Å²) in [5.74, 6) is 1.02. The average Bonchev–Trinajstić information content (AvgIpc) is 3.33. The van der Waals surface area contributed by atoms with E-state index in [-0.39, 0.29) is 11.6 Å². The van der Waals surface area contributed by atoms with E-state index in [1.165, 1.54) is 29.5 Å². The van der Waals surface area contributed by atoms with E-state index < -0.39 is 4.92 Å². The first-order valence-electron chi connectivity index (χ1n) is 11.1. The number of non-ortho nitro benzene ring substituents is 1. The van der Waals surface area contributed by atoms with Gasteiger partial charge in [0.15, 0.2) is 5.13 Å². The van der Waals surface area contributed by atoms with Gasteiger partial charge in [-0.2, -0.15) is 0 Å². The lowest BCUT2D eigenvalue weighted by molar-refractivity contribution is -0.384. The third-order valence-corrected chi connectivity index (χ3v) is 6.75. The second-order valence-electron chi connectivity index (χ2n) is 7.77. The molecule has 1 amide bonds. The van der Waals surface area contributed by atoms with Crippen molar-refractivity contribution in [2.24, 2.45) is 0 Å². The Bertz CT molecular complexity index is 1180. The van der Waals surface area contributed by atoms with Crippen LogP contribution < -0.4 is 14.4 Å². The molecule has 0 aliphatic carbocycles. The van der Waals surface area contributed by atoms with Crippen molar-refractivity contribution in [2.75, 3.05) is 58.5 Å². The zero-order valence-corrected chi connectivity index (χ0v) is 20.3. The summed E-state index contributed by atoms with van der Waals surface area (Å²) >= 11 is 1.36. The minimum atomic E-state index is -0.457. The fourth-order valence-electron chi connectivity index (χ4n) is 3.72. The van der Waals surface area contributed by atoms with Gasteiger partial charge in [-0.1, -0.05) is 11.3 Å². The number of morpholine rings is 1. The second kappa shape index (κ2) is 11.3. The number of amides is 1. The number of methoxy groups -OCH3 is 2. The highest BCUT2D eigenvalue weighted by Gasteiger charge is 2.22. The molecular weight excluding hydrogens is 472 g/mol. The minimum absolute atomic E-state index is 0.00187. The SMILES string of the molecule is COc1ccc(OC)c2sc(N(CCN3CCOCC3)C(=O)/C=C/c3ccc([N+](=O)[O-])cc3)nc12. The van der Waals surface area contributed by atoms with E-state index in [0.29, 0.717) is 54.0 Å². The first-order chi connectivity index (χ1) is 17.0. The van der Waals surface area contributed by atoms with Crippen LogP contribution >= 0.6 is 11.3 Å². The first-order valence-corrected chi connectivity index (χ1v) is 11.9. The Balaban J connectivity index is 1.62. The molecule has 0 radical (unpaired) electrons. The number of aromatic nitrogens is 1. The molecule has 3 aromatic rings. The summed E-state index contributed by atoms with van der Waals surface area (Å²) in [4.78, 5) is 32.4. The number of rotatable bonds is 9. The summed E-state index contributed by atoms with van der Waals surface area (Å²) in [5, 5.41) is 11.4. The first kappa shape index (κ1) is 24.6. The summed E-state index contributed by atoms with van der Waals surface area (Å²) in [6, 6.07) is 9.64. The molecule has 1 aliphatic heterocycles. The molecule has 1 fully saturated rings. The van der Waals surface area contributed by atoms with Crippen LogP contribution in [0.1, 0.15) is 5.56 Å². The predicted octanol–water partition coefficient (Wildman–Crippen LogP) is 3.60. The molecule has 0 atom stereocenters. The summed E-state index contributed by atoms with van der Waals surface area (Å²) < 4.78 is 17.2. The van der Waals surface area contributed by atoms with Gasteiger partial charge in [0, 0.05) is 44.4 Å². The van der Waals surface area contributed by atoms with E-state index in [1.54, 1.807) is 43.4 Å². The number of nitrogens with zero attached hydrogens (tertiary/aromatic N) is 4. The molecule has 11 heteroatoms. The van der Waals surface area contributed by atoms with Gasteiger partial charge in [-0.05, 0) is 35.9 Å². The Hall–Kier alpha value is -3.54. The highest BCUT2D eigenvalue weighted by atomic mass is 32.1. The highest BCUT2D eigenvalue weighted by Crippen LogP contribution is 2.40. The van der Waals surface area contributed by atoms with Crippen LogP contribution in [0.3, 0.4) is 0 Å². The number of hydrogen-bond acceptors (Lipinski definition) is 9. The lowest BCUT2D eigenvalue weighted by Gasteiger charge is -2.28. The average molecular weight is 499 g/mol. The van der Waals surface area contributed by atoms with Crippen LogP contribution in [0.2, 0.25) is 0 Å². The van der Waals surface area contributed by atoms with Crippen molar-refractivity contribution < 1.29 is 23.9 Å². The molecule has 0 bridgehead atoms. The van der Waals surface area contributed by atoms with Gasteiger partial charge >= 0.3 is 0 Å². The molecule has 35 heavy (non-hydrogen) atoms. The van der Waals surface area contributed by atoms with Crippen LogP contribution in [-0.4, -0.2) is 74.3 Å². The number of anilines is 1. The van der Waals surface area contributed by atoms with E-state index in [0.717, 1.165) is 17.8 Å². The molecule has 184 valence electrons. The zero-order valence-electron chi connectivity index (χ0n) is 19.5. The number of nitro benzene ring substituents is 1. The van der Waals surface area contributed by atoms with Crippen LogP contribution in [0.25, 0.3) is 16.3 Å². The molecule has 1 aliphatic rings. The number of hydrogen-bond donors (Lipinski definition) is 0. The number of nitro groups is 1. The Morgan fingerprint density at radius 2 is 1.86 bits per heavy atom. The van der Waals surface area contributed by atoms with E-state index in [1.807, 2.05) is 6.07 Å². The zero-order chi connectivity index (χ0) is 24.8. The van der Waals surface area contributed by atoms with E-state index in [9.17, 15) is 14.9 Å². The quantitative estimate of drug-likeness (QED) is 0.250. The molecule has 1 aromatic heterocycles. The number of thiazole rings is 1. The van der Waals surface area contributed by atoms with E-state index in [2.05, 4.69) is 4.90 Å². The van der Waals surface area contributed by atoms with Crippen molar-refractivity contribution in [3.8, 4) is 11.5 Å². The van der Waals surface area contributed by atoms with Gasteiger partial charge in [0.2, 0.25) is 0 Å². The molecule has 0 N–H and O–H groups in total. The van der Waals surface area contributed by atoms with Crippen molar-refractivity contribution in [1.82, 2.24) is 9.88 Å². The van der Waals surface area contributed by atoms with Crippen LogP contribution in [0.4, 0.5) is 10.8 Å². The van der Waals surface area contributed by atoms with Gasteiger partial charge in [0.05, 0.1) is 32.4 Å². The monoisotopic (exact) mass is 498 g/mol. The second-order valence-corrected chi connectivity index (χ2v) is 8.75. The number of benzene rings is 2. The maximum atomic E-state index is 13.3. The predicted molar refractivity (Wildman–Crippen MR) is 134 cm³/mol. The maximum absolute atomic E-state index is 13.3. The van der Waals surface area contributed by atoms with Crippen molar-refractivity contribution >= 4 is 44.4 Å². The third kappa shape index (κ3) is 5.76. The molecule has 2 heterocycles. The van der Waals surface area contributed by atoms with Gasteiger partial charge in [0.25, 0.3) is 11.6 Å². The Morgan fingerprint density at radius 1 is 1.17 bits per heavy atom. The molecule has 0 spiro atoms. The Kier molecular flexibility index (Phi) is 7.91. The van der Waals surface area contributed by atoms with Gasteiger partial charge in [-0.15, -0.1) is 0 Å². The lowest BCUT2D eigenvalue weighted by Crippen LogP contribution is -2.42. The van der Waals surface area contributed by atoms with Gasteiger partial charge < -0.3 is 14.2 Å². The highest BCUT2D eigenvalue weighted by molar-refractivity contribution is 7.22. The van der Waals surface area contributed by atoms with Crippen molar-refractivity contribution in [3.05, 3.63) is 58.2 Å². The fourth-order valence-corrected chi connectivity index (χ4v) is 4.83. The third-order valence-electron chi connectivity index (χ3n) is 5.66. The van der Waals surface area contributed by atoms with E-state index in [4.69, 9.17) is 19.2 Å². The Morgan fingerprint density at radius 3 is 2.51 bits per heavy atom. The topological polar surface area (TPSA) is 107 Å². The molecule has 0 saturated carbocycles. The molecule has 2 aromatic carbocycles. The number of ether oxygens (including phenoxy) is 3. The number of fused-ring (bicyclic) bond motifs is 1. The Labute approximate surface area is 206 Å². The van der Waals surface area contributed by atoms with Crippen LogP contribution in [0.5, 0.6) is 11.5 Å². The van der Waals surface area contributed by atoms with Crippen LogP contribution in [0.15, 0.2) is 42.5 Å². The molecule has 0 unspecified atom stereocenters. The fraction of sp³-hybridized carbons (Fsp3) is 0.333. The summed E-state index contributed by atoms with van der Waals surface area (Å²) in [7, 11) is 3.17. The molecular formula is C24H26N4O6S. The van der Waals surface area contributed by atoms with Gasteiger partial charge in [-0.25, -0.2) is 4.98 Å². The van der Waals surface area contributed by atoms with Crippen LogP contribution in [-0.2, 0) is 9.53 Å². The number of carbonyl (C=O) groups is 1. The van der Waals surface area contributed by atoms with Crippen molar-refractivity contribution in [1.29, 1.82) is 0 Å². The number of carbonyl (C=O) groups excluding carboxylic acids is 1. The lowest BCUT2D eigenvalue weighted by atomic mass is 10.2. The maximum Gasteiger partial charge on any atom is 0.269 e. The summed E-state index contributed by atoms with van der Waals surface area (Å²) in [6.45, 7) is 4.07. The molecule has 10 nitrogen and oxygen atoms in total. The standard InChI is InChI=1S/C24H26N4O6S/c1-32-19-8-9-20(33-2)23-22(19)25-24(35-23)27(12-11-26-13-15-34-16-14-26)21(29)10-5-17-3-6-18(7-4-17)28(30)31/h3-10H,11-16H2,1-2H3/b10-5+. The molecule has 4 rings (SSSR count). The van der Waals surface area contributed by atoms with E-state index >= 15 is 0 Å². The smallest absolute Gasteiger partial charge is 0.269 e. The van der Waals surface area contributed by atoms with Crippen LogP contribution in [0, 0.1) is 10.1 Å². The van der Waals surface area contributed by atoms with Gasteiger partial charge in [-0.3, -0.25) is 24.7 Å². The van der Waals surface area contributed by atoms with Crippen molar-refractivity contribution in [2.45, 2.75) is 0 Å². The largest absolute Gasteiger partial charge is 0.495 e. The molecule has 1 saturated heterocycles. The minimum Gasteiger partial charge on any atom is -0.495 e. The summed E-state index contributed by atoms with van der Waals surface area (Å²) in [6.07, 6.45) is 3.10. The van der Waals surface area contributed by atoms with Crippen molar-refractivity contribution in [3.63, 3.8) is 0 Å². The normalized spacial score (nSPS) is 14.3. The summed E-state index contributed by atoms with van der Waals surface area (Å²) in [5.41, 5.74) is 1.32.